The molecule has 0 aliphatic heterocycles. The molecular formula is C14H13NO4. The normalized spacial score (nSPS) is 9.95. The summed E-state index contributed by atoms with van der Waals surface area (Å²) in [5.41, 5.74) is 5.92. The van der Waals surface area contributed by atoms with Crippen LogP contribution in [0.25, 0.3) is 0 Å². The number of nitrogens with two attached hydrogens (primary N) is 1. The number of phenols is 1. The number of carbonyl (C=O) groups excluding carboxylic acids is 1. The summed E-state index contributed by atoms with van der Waals surface area (Å²) in [7, 11) is 1.55. The van der Waals surface area contributed by atoms with Gasteiger partial charge < -0.3 is 20.3 Å². The summed E-state index contributed by atoms with van der Waals surface area (Å²) < 4.78 is 10.1. The Morgan fingerprint density at radius 3 is 2.32 bits per heavy atom. The second kappa shape index (κ2) is 5.30. The molecule has 0 spiro atoms. The maximum Gasteiger partial charge on any atom is 0.347 e. The third-order valence-electron chi connectivity index (χ3n) is 2.51. The highest BCUT2D eigenvalue weighted by atomic mass is 16.5. The lowest BCUT2D eigenvalue weighted by atomic mass is 10.2. The Morgan fingerprint density at radius 2 is 1.74 bits per heavy atom. The largest absolute Gasteiger partial charge is 0.507 e. The number of esters is 1. The summed E-state index contributed by atoms with van der Waals surface area (Å²) in [6.07, 6.45) is 0. The van der Waals surface area contributed by atoms with Crippen molar-refractivity contribution in [2.75, 3.05) is 12.8 Å². The third kappa shape index (κ3) is 2.95. The van der Waals surface area contributed by atoms with Crippen LogP contribution in [0.2, 0.25) is 0 Å². The first-order chi connectivity index (χ1) is 9.10. The van der Waals surface area contributed by atoms with Gasteiger partial charge in [-0.05, 0) is 36.4 Å². The van der Waals surface area contributed by atoms with Crippen molar-refractivity contribution < 1.29 is 19.4 Å². The summed E-state index contributed by atoms with van der Waals surface area (Å²) in [5, 5.41) is 9.62. The molecule has 0 heterocycles. The zero-order valence-electron chi connectivity index (χ0n) is 10.3. The van der Waals surface area contributed by atoms with E-state index in [1.165, 1.54) is 18.2 Å². The molecule has 0 unspecified atom stereocenters. The molecule has 0 aliphatic rings. The van der Waals surface area contributed by atoms with Crippen LogP contribution < -0.4 is 15.2 Å². The fourth-order valence-corrected chi connectivity index (χ4v) is 1.53. The van der Waals surface area contributed by atoms with E-state index in [2.05, 4.69) is 0 Å². The Labute approximate surface area is 110 Å². The Bertz CT molecular complexity index is 593. The van der Waals surface area contributed by atoms with E-state index in [-0.39, 0.29) is 11.3 Å². The number of nitrogen functional groups attached to an aromatic ring is 1. The number of methoxy groups -OCH3 is 1. The van der Waals surface area contributed by atoms with Crippen LogP contribution in [0, 0.1) is 0 Å². The number of aromatic hydroxyl groups is 1. The average molecular weight is 259 g/mol. The highest BCUT2D eigenvalue weighted by Gasteiger charge is 2.13. The number of hydrogen-bond donors (Lipinski definition) is 2. The summed E-state index contributed by atoms with van der Waals surface area (Å²) in [5.74, 6) is 0.165. The third-order valence-corrected chi connectivity index (χ3v) is 2.51. The molecule has 2 aromatic rings. The molecule has 0 fully saturated rings. The topological polar surface area (TPSA) is 81.8 Å². The molecule has 0 amide bonds. The molecular weight excluding hydrogens is 246 g/mol. The van der Waals surface area contributed by atoms with Gasteiger partial charge in [0.25, 0.3) is 0 Å². The molecule has 5 nitrogen and oxygen atoms in total. The summed E-state index contributed by atoms with van der Waals surface area (Å²) in [6.45, 7) is 0. The zero-order chi connectivity index (χ0) is 13.8. The molecule has 2 rings (SSSR count). The number of anilines is 1. The molecule has 2 aromatic carbocycles. The Balaban J connectivity index is 2.15. The molecule has 98 valence electrons. The fraction of sp³-hybridized carbons (Fsp3) is 0.0714. The number of carbonyl (C=O) groups is 1. The molecule has 0 bridgehead atoms. The van der Waals surface area contributed by atoms with Gasteiger partial charge in [-0.25, -0.2) is 4.79 Å². The van der Waals surface area contributed by atoms with Crippen LogP contribution in [0.1, 0.15) is 10.4 Å². The highest BCUT2D eigenvalue weighted by molar-refractivity contribution is 5.94. The first-order valence-electron chi connectivity index (χ1n) is 5.55. The molecule has 5 heteroatoms. The number of rotatable bonds is 3. The maximum absolute atomic E-state index is 11.8. The van der Waals surface area contributed by atoms with E-state index in [4.69, 9.17) is 15.2 Å². The first-order valence-corrected chi connectivity index (χ1v) is 5.55. The molecule has 3 N–H and O–H groups in total. The van der Waals surface area contributed by atoms with E-state index in [1.807, 2.05) is 0 Å². The highest BCUT2D eigenvalue weighted by Crippen LogP contribution is 2.23. The number of hydrogen-bond acceptors (Lipinski definition) is 5. The summed E-state index contributed by atoms with van der Waals surface area (Å²) in [4.78, 5) is 11.8. The number of phenolic OH excluding ortho intramolecular Hbond substituents is 1. The fourth-order valence-electron chi connectivity index (χ4n) is 1.53. The van der Waals surface area contributed by atoms with Crippen LogP contribution in [-0.4, -0.2) is 18.2 Å². The molecule has 0 aromatic heterocycles. The standard InChI is InChI=1S/C14H13NO4/c1-18-10-3-5-11(6-4-10)19-14(17)12-7-2-9(15)8-13(12)16/h2-8,16H,15H2,1H3. The van der Waals surface area contributed by atoms with E-state index in [1.54, 1.807) is 31.4 Å². The molecule has 19 heavy (non-hydrogen) atoms. The van der Waals surface area contributed by atoms with Gasteiger partial charge in [0.1, 0.15) is 22.8 Å². The van der Waals surface area contributed by atoms with E-state index in [0.29, 0.717) is 17.2 Å². The van der Waals surface area contributed by atoms with Crippen LogP contribution in [0.15, 0.2) is 42.5 Å². The average Bonchev–Trinajstić information content (AvgIpc) is 2.39. The summed E-state index contributed by atoms with van der Waals surface area (Å²) in [6, 6.07) is 10.8. The minimum atomic E-state index is -0.650. The molecule has 0 atom stereocenters. The van der Waals surface area contributed by atoms with Crippen molar-refractivity contribution in [1.82, 2.24) is 0 Å². The van der Waals surface area contributed by atoms with E-state index in [0.717, 1.165) is 0 Å². The van der Waals surface area contributed by atoms with Crippen LogP contribution in [0.4, 0.5) is 5.69 Å². The van der Waals surface area contributed by atoms with Gasteiger partial charge in [-0.3, -0.25) is 0 Å². The van der Waals surface area contributed by atoms with Crippen molar-refractivity contribution in [2.45, 2.75) is 0 Å². The zero-order valence-corrected chi connectivity index (χ0v) is 10.3. The van der Waals surface area contributed by atoms with Crippen LogP contribution >= 0.6 is 0 Å². The van der Waals surface area contributed by atoms with Gasteiger partial charge in [0.15, 0.2) is 0 Å². The first kappa shape index (κ1) is 12.8. The lowest BCUT2D eigenvalue weighted by Gasteiger charge is -2.07. The lowest BCUT2D eigenvalue weighted by Crippen LogP contribution is -2.08. The second-order valence-corrected chi connectivity index (χ2v) is 3.84. The van der Waals surface area contributed by atoms with Crippen molar-refractivity contribution in [3.05, 3.63) is 48.0 Å². The van der Waals surface area contributed by atoms with Crippen molar-refractivity contribution in [3.8, 4) is 17.2 Å². The van der Waals surface area contributed by atoms with E-state index < -0.39 is 5.97 Å². The lowest BCUT2D eigenvalue weighted by molar-refractivity contribution is 0.0731. The van der Waals surface area contributed by atoms with Gasteiger partial charge in [0.2, 0.25) is 0 Å². The van der Waals surface area contributed by atoms with Gasteiger partial charge in [-0.2, -0.15) is 0 Å². The van der Waals surface area contributed by atoms with E-state index >= 15 is 0 Å². The van der Waals surface area contributed by atoms with Crippen LogP contribution in [0.3, 0.4) is 0 Å². The second-order valence-electron chi connectivity index (χ2n) is 3.84. The van der Waals surface area contributed by atoms with Gasteiger partial charge in [-0.15, -0.1) is 0 Å². The minimum absolute atomic E-state index is 0.0602. The van der Waals surface area contributed by atoms with Gasteiger partial charge in [0.05, 0.1) is 7.11 Å². The van der Waals surface area contributed by atoms with E-state index in [9.17, 15) is 9.90 Å². The number of ether oxygens (including phenoxy) is 2. The van der Waals surface area contributed by atoms with Crippen molar-refractivity contribution in [1.29, 1.82) is 0 Å². The molecule has 0 saturated heterocycles. The predicted octanol–water partition coefficient (Wildman–Crippen LogP) is 2.20. The molecule has 0 aliphatic carbocycles. The van der Waals surface area contributed by atoms with Gasteiger partial charge in [0, 0.05) is 11.8 Å². The quantitative estimate of drug-likeness (QED) is 0.501. The van der Waals surface area contributed by atoms with Gasteiger partial charge >= 0.3 is 5.97 Å². The minimum Gasteiger partial charge on any atom is -0.507 e. The van der Waals surface area contributed by atoms with Crippen molar-refractivity contribution >= 4 is 11.7 Å². The molecule has 0 saturated carbocycles. The monoisotopic (exact) mass is 259 g/mol. The van der Waals surface area contributed by atoms with Crippen LogP contribution in [0.5, 0.6) is 17.2 Å². The van der Waals surface area contributed by atoms with Crippen molar-refractivity contribution in [2.24, 2.45) is 0 Å². The Hall–Kier alpha value is -2.69. The summed E-state index contributed by atoms with van der Waals surface area (Å²) >= 11 is 0. The Kier molecular flexibility index (Phi) is 3.56. The SMILES string of the molecule is COc1ccc(OC(=O)c2ccc(N)cc2O)cc1. The molecule has 0 radical (unpaired) electrons. The Morgan fingerprint density at radius 1 is 1.11 bits per heavy atom. The smallest absolute Gasteiger partial charge is 0.347 e. The van der Waals surface area contributed by atoms with Crippen LogP contribution in [-0.2, 0) is 0 Å². The number of benzene rings is 2. The maximum atomic E-state index is 11.8. The van der Waals surface area contributed by atoms with Crippen molar-refractivity contribution in [3.63, 3.8) is 0 Å². The predicted molar refractivity (Wildman–Crippen MR) is 70.5 cm³/mol. The van der Waals surface area contributed by atoms with Gasteiger partial charge in [-0.1, -0.05) is 0 Å².